The van der Waals surface area contributed by atoms with Gasteiger partial charge in [0.1, 0.15) is 0 Å². The van der Waals surface area contributed by atoms with Crippen molar-refractivity contribution in [3.8, 4) is 0 Å². The normalized spacial score (nSPS) is 20.3. The number of hydrogen-bond acceptors (Lipinski definition) is 3. The summed E-state index contributed by atoms with van der Waals surface area (Å²) in [6, 6.07) is 16.6. The summed E-state index contributed by atoms with van der Waals surface area (Å²) in [6.45, 7) is 4.17. The van der Waals surface area contributed by atoms with E-state index >= 15 is 0 Å². The number of carbonyl (C=O) groups excluding carboxylic acids is 1. The van der Waals surface area contributed by atoms with E-state index < -0.39 is 0 Å². The van der Waals surface area contributed by atoms with Gasteiger partial charge in [-0.15, -0.1) is 12.4 Å². The van der Waals surface area contributed by atoms with Crippen LogP contribution >= 0.6 is 24.2 Å². The molecule has 0 radical (unpaired) electrons. The number of halogens is 1. The van der Waals surface area contributed by atoms with Gasteiger partial charge in [0.2, 0.25) is 5.91 Å². The summed E-state index contributed by atoms with van der Waals surface area (Å²) in [5.41, 5.74) is 2.35. The second-order valence-corrected chi connectivity index (χ2v) is 8.40. The third kappa shape index (κ3) is 4.08. The van der Waals surface area contributed by atoms with Crippen molar-refractivity contribution in [2.45, 2.75) is 36.0 Å². The zero-order valence-corrected chi connectivity index (χ0v) is 16.6. The van der Waals surface area contributed by atoms with Crippen LogP contribution in [0, 0.1) is 18.3 Å². The zero-order valence-electron chi connectivity index (χ0n) is 15.0. The molecular formula is C21H25ClN2OS. The highest BCUT2D eigenvalue weighted by molar-refractivity contribution is 7.99. The Bertz CT molecular complexity index is 775. The van der Waals surface area contributed by atoms with Crippen LogP contribution in [0.4, 0.5) is 5.69 Å². The molecule has 1 aliphatic heterocycles. The van der Waals surface area contributed by atoms with E-state index in [0.29, 0.717) is 0 Å². The number of hydrogen-bond donors (Lipinski definition) is 2. The lowest BCUT2D eigenvalue weighted by Crippen LogP contribution is -2.31. The van der Waals surface area contributed by atoms with Crippen LogP contribution in [0.25, 0.3) is 0 Å². The molecule has 1 saturated carbocycles. The lowest BCUT2D eigenvalue weighted by Gasteiger charge is -2.23. The molecule has 1 spiro atoms. The summed E-state index contributed by atoms with van der Waals surface area (Å²) in [5, 5.41) is 6.56. The smallest absolute Gasteiger partial charge is 0.228 e. The van der Waals surface area contributed by atoms with Gasteiger partial charge in [0, 0.05) is 21.4 Å². The molecule has 2 aromatic carbocycles. The van der Waals surface area contributed by atoms with Crippen molar-refractivity contribution < 1.29 is 4.79 Å². The van der Waals surface area contributed by atoms with E-state index in [2.05, 4.69) is 54.0 Å². The van der Waals surface area contributed by atoms with E-state index in [1.54, 1.807) is 11.8 Å². The predicted molar refractivity (Wildman–Crippen MR) is 110 cm³/mol. The average Bonchev–Trinajstić information content (AvgIpc) is 3.32. The standard InChI is InChI=1S/C21H24N2OS.ClH/c1-15-13-17(25-16-5-3-2-4-6-16)7-8-19(15)23-20(24)18-14-21(18)9-11-22-12-10-21;/h2-8,13,18,22H,9-12,14H2,1H3,(H,23,24);1H. The third-order valence-corrected chi connectivity index (χ3v) is 6.54. The quantitative estimate of drug-likeness (QED) is 0.782. The summed E-state index contributed by atoms with van der Waals surface area (Å²) >= 11 is 1.75. The van der Waals surface area contributed by atoms with E-state index in [-0.39, 0.29) is 29.6 Å². The van der Waals surface area contributed by atoms with E-state index in [1.165, 1.54) is 9.79 Å². The van der Waals surface area contributed by atoms with Crippen LogP contribution in [0.2, 0.25) is 0 Å². The van der Waals surface area contributed by atoms with E-state index in [9.17, 15) is 4.79 Å². The van der Waals surface area contributed by atoms with Crippen LogP contribution in [0.15, 0.2) is 58.3 Å². The number of amides is 1. The molecule has 2 aromatic rings. The van der Waals surface area contributed by atoms with Crippen LogP contribution in [-0.4, -0.2) is 19.0 Å². The second kappa shape index (κ2) is 8.03. The summed E-state index contributed by atoms with van der Waals surface area (Å²) in [7, 11) is 0. The number of aryl methyl sites for hydroxylation is 1. The van der Waals surface area contributed by atoms with Crippen molar-refractivity contribution >= 4 is 35.8 Å². The van der Waals surface area contributed by atoms with E-state index in [0.717, 1.165) is 43.6 Å². The predicted octanol–water partition coefficient (Wildman–Crippen LogP) is 4.90. The van der Waals surface area contributed by atoms with Crippen molar-refractivity contribution in [2.24, 2.45) is 11.3 Å². The molecule has 2 aliphatic rings. The molecule has 5 heteroatoms. The van der Waals surface area contributed by atoms with Crippen molar-refractivity contribution in [3.63, 3.8) is 0 Å². The highest BCUT2D eigenvalue weighted by Crippen LogP contribution is 2.58. The van der Waals surface area contributed by atoms with Gasteiger partial charge in [0.05, 0.1) is 0 Å². The van der Waals surface area contributed by atoms with E-state index in [4.69, 9.17) is 0 Å². The molecule has 4 rings (SSSR count). The van der Waals surface area contributed by atoms with Gasteiger partial charge in [0.25, 0.3) is 0 Å². The lowest BCUT2D eigenvalue weighted by molar-refractivity contribution is -0.118. The zero-order chi connectivity index (χ0) is 17.3. The van der Waals surface area contributed by atoms with Crippen LogP contribution < -0.4 is 10.6 Å². The first-order valence-corrected chi connectivity index (χ1v) is 9.83. The van der Waals surface area contributed by atoms with Gasteiger partial charge >= 0.3 is 0 Å². The van der Waals surface area contributed by atoms with E-state index in [1.807, 2.05) is 12.1 Å². The molecule has 1 heterocycles. The molecule has 0 bridgehead atoms. The molecule has 1 aliphatic carbocycles. The number of carbonyl (C=O) groups is 1. The summed E-state index contributed by atoms with van der Waals surface area (Å²) in [5.74, 6) is 0.404. The molecule has 2 fully saturated rings. The van der Waals surface area contributed by atoms with Gasteiger partial charge in [-0.3, -0.25) is 4.79 Å². The summed E-state index contributed by atoms with van der Waals surface area (Å²) < 4.78 is 0. The molecule has 1 unspecified atom stereocenters. The summed E-state index contributed by atoms with van der Waals surface area (Å²) in [6.07, 6.45) is 3.33. The van der Waals surface area contributed by atoms with Crippen molar-refractivity contribution in [1.82, 2.24) is 5.32 Å². The van der Waals surface area contributed by atoms with Gasteiger partial charge in [-0.1, -0.05) is 30.0 Å². The van der Waals surface area contributed by atoms with Crippen LogP contribution in [0.1, 0.15) is 24.8 Å². The fraction of sp³-hybridized carbons (Fsp3) is 0.381. The van der Waals surface area contributed by atoms with Crippen molar-refractivity contribution in [3.05, 3.63) is 54.1 Å². The first-order valence-electron chi connectivity index (χ1n) is 9.01. The molecule has 138 valence electrons. The molecule has 2 N–H and O–H groups in total. The van der Waals surface area contributed by atoms with Gasteiger partial charge < -0.3 is 10.6 Å². The Balaban J connectivity index is 0.00000196. The lowest BCUT2D eigenvalue weighted by atomic mass is 9.91. The number of nitrogens with one attached hydrogen (secondary N) is 2. The Morgan fingerprint density at radius 1 is 1.12 bits per heavy atom. The maximum absolute atomic E-state index is 12.6. The first kappa shape index (κ1) is 19.3. The highest BCUT2D eigenvalue weighted by atomic mass is 35.5. The minimum absolute atomic E-state index is 0. The van der Waals surface area contributed by atoms with Crippen molar-refractivity contribution in [1.29, 1.82) is 0 Å². The molecule has 1 saturated heterocycles. The maximum Gasteiger partial charge on any atom is 0.228 e. The minimum atomic E-state index is 0. The molecule has 3 nitrogen and oxygen atoms in total. The van der Waals surface area contributed by atoms with Gasteiger partial charge in [-0.2, -0.15) is 0 Å². The Hall–Kier alpha value is -1.49. The fourth-order valence-corrected chi connectivity index (χ4v) is 4.82. The van der Waals surface area contributed by atoms with Gasteiger partial charge in [0.15, 0.2) is 0 Å². The first-order chi connectivity index (χ1) is 12.2. The monoisotopic (exact) mass is 388 g/mol. The van der Waals surface area contributed by atoms with Gasteiger partial charge in [-0.05, 0) is 80.6 Å². The van der Waals surface area contributed by atoms with Crippen molar-refractivity contribution in [2.75, 3.05) is 18.4 Å². The average molecular weight is 389 g/mol. The maximum atomic E-state index is 12.6. The van der Waals surface area contributed by atoms with Crippen LogP contribution in [0.5, 0.6) is 0 Å². The minimum Gasteiger partial charge on any atom is -0.326 e. The molecular weight excluding hydrogens is 364 g/mol. The topological polar surface area (TPSA) is 41.1 Å². The second-order valence-electron chi connectivity index (χ2n) is 7.25. The molecule has 1 amide bonds. The Labute approximate surface area is 165 Å². The molecule has 1 atom stereocenters. The number of piperidine rings is 1. The third-order valence-electron chi connectivity index (χ3n) is 5.54. The molecule has 26 heavy (non-hydrogen) atoms. The Morgan fingerprint density at radius 2 is 1.85 bits per heavy atom. The fourth-order valence-electron chi connectivity index (χ4n) is 3.88. The SMILES string of the molecule is Cc1cc(Sc2ccccc2)ccc1NC(=O)C1CC12CCNCC2.Cl. The number of anilines is 1. The Kier molecular flexibility index (Phi) is 5.96. The van der Waals surface area contributed by atoms with Crippen LogP contribution in [-0.2, 0) is 4.79 Å². The Morgan fingerprint density at radius 3 is 2.54 bits per heavy atom. The summed E-state index contributed by atoms with van der Waals surface area (Å²) in [4.78, 5) is 15.1. The largest absolute Gasteiger partial charge is 0.326 e. The van der Waals surface area contributed by atoms with Crippen LogP contribution in [0.3, 0.4) is 0 Å². The highest BCUT2D eigenvalue weighted by Gasteiger charge is 2.57. The number of benzene rings is 2. The number of rotatable bonds is 4. The van der Waals surface area contributed by atoms with Gasteiger partial charge in [-0.25, -0.2) is 0 Å². The molecule has 0 aromatic heterocycles.